The molecule has 0 radical (unpaired) electrons. The van der Waals surface area contributed by atoms with E-state index in [1.807, 2.05) is 0 Å². The second kappa shape index (κ2) is 12.3. The minimum atomic E-state index is 0. The summed E-state index contributed by atoms with van der Waals surface area (Å²) in [5.41, 5.74) is 5.32. The van der Waals surface area contributed by atoms with Gasteiger partial charge in [-0.25, -0.2) is 18.3 Å². The first-order chi connectivity index (χ1) is 14.6. The maximum absolute atomic E-state index is 2.36. The molecule has 0 amide bonds. The van der Waals surface area contributed by atoms with Crippen LogP contribution in [-0.4, -0.2) is 9.13 Å². The van der Waals surface area contributed by atoms with Crippen LogP contribution < -0.4 is 57.1 Å². The molecule has 0 atom stereocenters. The van der Waals surface area contributed by atoms with Gasteiger partial charge in [0, 0.05) is 12.8 Å². The van der Waals surface area contributed by atoms with E-state index in [0.29, 0.717) is 0 Å². The van der Waals surface area contributed by atoms with Crippen molar-refractivity contribution in [3.8, 4) is 0 Å². The lowest BCUT2D eigenvalue weighted by atomic mass is 10.1. The summed E-state index contributed by atoms with van der Waals surface area (Å²) < 4.78 is 9.44. The van der Waals surface area contributed by atoms with Gasteiger partial charge in [0.15, 0.2) is 22.1 Å². The van der Waals surface area contributed by atoms with Crippen LogP contribution in [0.5, 0.6) is 0 Å². The van der Waals surface area contributed by atoms with E-state index in [9.17, 15) is 0 Å². The summed E-state index contributed by atoms with van der Waals surface area (Å²) in [6.45, 7) is 0. The number of fused-ring (bicyclic) bond motifs is 2. The van der Waals surface area contributed by atoms with Crippen molar-refractivity contribution >= 4 is 22.1 Å². The Hall–Kier alpha value is -1.16. The van der Waals surface area contributed by atoms with Gasteiger partial charge in [0.25, 0.3) is 11.6 Å². The van der Waals surface area contributed by atoms with E-state index in [0.717, 1.165) is 12.8 Å². The van der Waals surface area contributed by atoms with Crippen molar-refractivity contribution in [2.24, 2.45) is 28.2 Å². The molecule has 0 N–H and O–H groups in total. The maximum atomic E-state index is 2.36. The third-order valence-corrected chi connectivity index (χ3v) is 6.81. The fourth-order valence-corrected chi connectivity index (χ4v) is 5.01. The zero-order valence-electron chi connectivity index (χ0n) is 19.8. The highest BCUT2D eigenvalue weighted by atomic mass is 127. The highest BCUT2D eigenvalue weighted by Gasteiger charge is 2.19. The van der Waals surface area contributed by atoms with Gasteiger partial charge in [-0.05, 0) is 37.1 Å². The number of hydrogen-bond acceptors (Lipinski definition) is 0. The third-order valence-electron chi connectivity index (χ3n) is 6.81. The number of aromatic nitrogens is 4. The molecule has 0 spiro atoms. The number of rotatable bonds is 9. The van der Waals surface area contributed by atoms with E-state index in [1.54, 1.807) is 0 Å². The van der Waals surface area contributed by atoms with Crippen LogP contribution in [0.4, 0.5) is 0 Å². The van der Waals surface area contributed by atoms with Crippen molar-refractivity contribution in [1.82, 2.24) is 9.13 Å². The fraction of sp³-hybridized carbons (Fsp3) is 0.462. The lowest BCUT2D eigenvalue weighted by molar-refractivity contribution is -0.654. The number of unbranched alkanes of at least 4 members (excludes halogenated alkanes) is 5. The van der Waals surface area contributed by atoms with Crippen molar-refractivity contribution in [1.29, 1.82) is 0 Å². The van der Waals surface area contributed by atoms with Gasteiger partial charge in [-0.15, -0.1) is 0 Å². The third kappa shape index (κ3) is 5.48. The minimum Gasteiger partial charge on any atom is -1.00 e. The average molecular weight is 658 g/mol. The first kappa shape index (κ1) is 27.1. The smallest absolute Gasteiger partial charge is 0.256 e. The number of benzene rings is 2. The van der Waals surface area contributed by atoms with Gasteiger partial charge in [-0.3, -0.25) is 0 Å². The number of para-hydroxylation sites is 4. The predicted octanol–water partition coefficient (Wildman–Crippen LogP) is -1.55. The lowest BCUT2D eigenvalue weighted by Crippen LogP contribution is -3.00. The minimum absolute atomic E-state index is 0. The Morgan fingerprint density at radius 3 is 1.28 bits per heavy atom. The molecule has 0 bridgehead atoms. The Balaban J connectivity index is 0.00000181. The fourth-order valence-electron chi connectivity index (χ4n) is 5.01. The topological polar surface area (TPSA) is 17.6 Å². The number of halogens is 2. The monoisotopic (exact) mass is 658 g/mol. The summed E-state index contributed by atoms with van der Waals surface area (Å²) >= 11 is 0. The Morgan fingerprint density at radius 2 is 0.906 bits per heavy atom. The van der Waals surface area contributed by atoms with E-state index in [-0.39, 0.29) is 48.0 Å². The summed E-state index contributed by atoms with van der Waals surface area (Å²) in [5, 5.41) is 0. The number of aryl methyl sites for hydroxylation is 4. The zero-order chi connectivity index (χ0) is 21.1. The molecule has 0 aliphatic carbocycles. The van der Waals surface area contributed by atoms with Gasteiger partial charge in [-0.1, -0.05) is 49.9 Å². The molecule has 0 aliphatic rings. The van der Waals surface area contributed by atoms with Crippen LogP contribution >= 0.6 is 0 Å². The molecule has 32 heavy (non-hydrogen) atoms. The number of hydrogen-bond donors (Lipinski definition) is 0. The van der Waals surface area contributed by atoms with E-state index >= 15 is 0 Å². The standard InChI is InChI=1S/C26H36N4.2HI/c1-27-21-15-11-12-16-22(21)28(2)25(27)19-9-7-5-6-8-10-20-26-29(3)23-17-13-14-18-24(23)30(26)4;;/h11-18H,5-10,19-20H2,1-4H3;2*1H/q+2;;/p-2. The summed E-state index contributed by atoms with van der Waals surface area (Å²) in [6.07, 6.45) is 10.2. The summed E-state index contributed by atoms with van der Waals surface area (Å²) in [5.74, 6) is 2.86. The molecule has 4 nitrogen and oxygen atoms in total. The van der Waals surface area contributed by atoms with Gasteiger partial charge in [0.2, 0.25) is 0 Å². The van der Waals surface area contributed by atoms with Crippen LogP contribution in [0.1, 0.15) is 50.2 Å². The SMILES string of the molecule is Cn1c(CCCCCCCCc2n(C)c3ccccc3[n+]2C)[n+](C)c2ccccc21.[I-].[I-]. The quantitative estimate of drug-likeness (QED) is 0.118. The number of nitrogens with zero attached hydrogens (tertiary/aromatic N) is 4. The van der Waals surface area contributed by atoms with Crippen LogP contribution in [0.25, 0.3) is 22.1 Å². The van der Waals surface area contributed by atoms with Gasteiger partial charge in [0.1, 0.15) is 0 Å². The molecule has 2 aromatic carbocycles. The van der Waals surface area contributed by atoms with E-state index < -0.39 is 0 Å². The van der Waals surface area contributed by atoms with Crippen molar-refractivity contribution in [3.63, 3.8) is 0 Å². The Bertz CT molecular complexity index is 990. The number of imidazole rings is 2. The first-order valence-corrected chi connectivity index (χ1v) is 11.4. The maximum Gasteiger partial charge on any atom is 0.256 e. The van der Waals surface area contributed by atoms with Gasteiger partial charge < -0.3 is 48.0 Å². The Kier molecular flexibility index (Phi) is 10.4. The van der Waals surface area contributed by atoms with Crippen LogP contribution in [-0.2, 0) is 41.0 Å². The van der Waals surface area contributed by atoms with E-state index in [2.05, 4.69) is 95.0 Å². The normalized spacial score (nSPS) is 11.0. The first-order valence-electron chi connectivity index (χ1n) is 11.4. The van der Waals surface area contributed by atoms with Crippen molar-refractivity contribution in [3.05, 3.63) is 60.2 Å². The molecule has 0 saturated carbocycles. The molecule has 0 fully saturated rings. The van der Waals surface area contributed by atoms with Crippen LogP contribution in [0.15, 0.2) is 48.5 Å². The molecule has 4 rings (SSSR count). The molecule has 0 saturated heterocycles. The summed E-state index contributed by atoms with van der Waals surface area (Å²) in [6, 6.07) is 17.4. The molecule has 174 valence electrons. The van der Waals surface area contributed by atoms with E-state index in [4.69, 9.17) is 0 Å². The zero-order valence-corrected chi connectivity index (χ0v) is 24.1. The molecule has 0 unspecified atom stereocenters. The highest BCUT2D eigenvalue weighted by Crippen LogP contribution is 2.16. The second-order valence-electron chi connectivity index (χ2n) is 8.67. The van der Waals surface area contributed by atoms with Crippen molar-refractivity contribution in [2.45, 2.75) is 51.4 Å². The predicted molar refractivity (Wildman–Crippen MR) is 123 cm³/mol. The molecular formula is C26H36I2N4. The van der Waals surface area contributed by atoms with Crippen molar-refractivity contribution < 1.29 is 57.1 Å². The summed E-state index contributed by atoms with van der Waals surface area (Å²) in [7, 11) is 8.80. The molecule has 6 heteroatoms. The molecule has 2 aromatic heterocycles. The van der Waals surface area contributed by atoms with Crippen LogP contribution in [0.3, 0.4) is 0 Å². The second-order valence-corrected chi connectivity index (χ2v) is 8.67. The van der Waals surface area contributed by atoms with Crippen molar-refractivity contribution in [2.75, 3.05) is 0 Å². The lowest BCUT2D eigenvalue weighted by Gasteiger charge is -2.02. The summed E-state index contributed by atoms with van der Waals surface area (Å²) in [4.78, 5) is 0. The van der Waals surface area contributed by atoms with Gasteiger partial charge in [0.05, 0.1) is 28.2 Å². The average Bonchev–Trinajstić information content (AvgIpc) is 3.16. The molecule has 4 aromatic rings. The van der Waals surface area contributed by atoms with E-state index in [1.165, 1.54) is 72.2 Å². The Morgan fingerprint density at radius 1 is 0.562 bits per heavy atom. The van der Waals surface area contributed by atoms with Gasteiger partial charge >= 0.3 is 0 Å². The largest absolute Gasteiger partial charge is 1.00 e. The molecule has 0 aliphatic heterocycles. The highest BCUT2D eigenvalue weighted by molar-refractivity contribution is 5.72. The van der Waals surface area contributed by atoms with Crippen LogP contribution in [0.2, 0.25) is 0 Å². The van der Waals surface area contributed by atoms with Crippen LogP contribution in [0, 0.1) is 0 Å². The molecular weight excluding hydrogens is 622 g/mol. The Labute approximate surface area is 226 Å². The molecule has 2 heterocycles. The van der Waals surface area contributed by atoms with Gasteiger partial charge in [-0.2, -0.15) is 0 Å².